The summed E-state index contributed by atoms with van der Waals surface area (Å²) in [4.78, 5) is 0. The molecule has 0 saturated carbocycles. The van der Waals surface area contributed by atoms with E-state index in [1.54, 1.807) is 0 Å². The van der Waals surface area contributed by atoms with Gasteiger partial charge in [-0.2, -0.15) is 0 Å². The zero-order chi connectivity index (χ0) is 10.3. The fourth-order valence-corrected chi connectivity index (χ4v) is 2.69. The van der Waals surface area contributed by atoms with Gasteiger partial charge in [-0.05, 0) is 50.3 Å². The summed E-state index contributed by atoms with van der Waals surface area (Å²) in [6.45, 7) is 4.27. The number of fused-ring (bicyclic) bond motifs is 1. The maximum Gasteiger partial charge on any atom is 0.162 e. The largest absolute Gasteiger partial charge is 0.356 e. The van der Waals surface area contributed by atoms with Crippen molar-refractivity contribution in [2.24, 2.45) is 11.8 Å². The summed E-state index contributed by atoms with van der Waals surface area (Å²) in [5.41, 5.74) is 2.33. The highest BCUT2D eigenvalue weighted by Crippen LogP contribution is 2.39. The van der Waals surface area contributed by atoms with Gasteiger partial charge >= 0.3 is 0 Å². The van der Waals surface area contributed by atoms with Gasteiger partial charge in [-0.25, -0.2) is 0 Å². The van der Waals surface area contributed by atoms with Gasteiger partial charge in [-0.15, -0.1) is 0 Å². The van der Waals surface area contributed by atoms with Crippen molar-refractivity contribution in [1.29, 1.82) is 0 Å². The van der Waals surface area contributed by atoms with E-state index in [-0.39, 0.29) is 0 Å². The molecule has 1 aromatic heterocycles. The Morgan fingerprint density at radius 3 is 3.20 bits per heavy atom. The minimum absolute atomic E-state index is 0.756. The van der Waals surface area contributed by atoms with Gasteiger partial charge in [0.2, 0.25) is 0 Å². The van der Waals surface area contributed by atoms with E-state index in [4.69, 9.17) is 4.52 Å². The van der Waals surface area contributed by atoms with E-state index in [2.05, 4.69) is 16.5 Å². The molecule has 0 spiro atoms. The van der Waals surface area contributed by atoms with Gasteiger partial charge < -0.3 is 9.84 Å². The maximum absolute atomic E-state index is 5.32. The predicted octanol–water partition coefficient (Wildman–Crippen LogP) is 2.00. The minimum Gasteiger partial charge on any atom is -0.356 e. The molecule has 0 amide bonds. The monoisotopic (exact) mass is 204 g/mol. The summed E-state index contributed by atoms with van der Waals surface area (Å²) in [6.07, 6.45) is 4.80. The number of nitrogens with zero attached hydrogens (tertiary/aromatic N) is 1. The van der Waals surface area contributed by atoms with Crippen LogP contribution in [0.4, 0.5) is 0 Å². The Morgan fingerprint density at radius 2 is 2.47 bits per heavy atom. The van der Waals surface area contributed by atoms with Crippen LogP contribution in [-0.4, -0.2) is 18.2 Å². The van der Waals surface area contributed by atoms with E-state index in [1.807, 2.05) is 13.0 Å². The molecule has 1 aliphatic heterocycles. The molecular weight excluding hydrogens is 188 g/mol. The van der Waals surface area contributed by atoms with Crippen LogP contribution < -0.4 is 5.32 Å². The number of allylic oxidation sites excluding steroid dienone is 2. The quantitative estimate of drug-likeness (QED) is 0.760. The predicted molar refractivity (Wildman–Crippen MR) is 58.3 cm³/mol. The Bertz CT molecular complexity index is 394. The number of hydrogen-bond acceptors (Lipinski definition) is 3. The molecule has 1 saturated heterocycles. The smallest absolute Gasteiger partial charge is 0.162 e. The Labute approximate surface area is 89.5 Å². The molecule has 3 nitrogen and oxygen atoms in total. The van der Waals surface area contributed by atoms with Crippen LogP contribution in [0.5, 0.6) is 0 Å². The molecule has 0 unspecified atom stereocenters. The number of hydrogen-bond donors (Lipinski definition) is 1. The normalized spacial score (nSPS) is 30.1. The molecule has 3 heteroatoms. The van der Waals surface area contributed by atoms with E-state index in [0.29, 0.717) is 0 Å². The molecule has 2 heterocycles. The van der Waals surface area contributed by atoms with Crippen molar-refractivity contribution < 1.29 is 4.52 Å². The van der Waals surface area contributed by atoms with Gasteiger partial charge in [0.25, 0.3) is 0 Å². The van der Waals surface area contributed by atoms with Gasteiger partial charge in [0.05, 0.1) is 5.69 Å². The fraction of sp³-hybridized carbons (Fsp3) is 0.583. The zero-order valence-corrected chi connectivity index (χ0v) is 8.99. The molecule has 1 aliphatic carbocycles. The first-order chi connectivity index (χ1) is 7.33. The summed E-state index contributed by atoms with van der Waals surface area (Å²) < 4.78 is 5.32. The molecule has 80 valence electrons. The van der Waals surface area contributed by atoms with Gasteiger partial charge in [-0.3, -0.25) is 0 Å². The number of nitrogens with one attached hydrogen (secondary N) is 1. The molecular formula is C12H16N2O. The molecule has 0 radical (unpaired) electrons. The molecule has 3 rings (SSSR count). The Balaban J connectivity index is 1.83. The molecule has 15 heavy (non-hydrogen) atoms. The van der Waals surface area contributed by atoms with Gasteiger partial charge in [0, 0.05) is 6.07 Å². The fourth-order valence-electron chi connectivity index (χ4n) is 2.69. The van der Waals surface area contributed by atoms with Crippen molar-refractivity contribution in [2.75, 3.05) is 13.1 Å². The second-order valence-corrected chi connectivity index (χ2v) is 4.65. The van der Waals surface area contributed by atoms with E-state index in [0.717, 1.165) is 42.8 Å². The Morgan fingerprint density at radius 1 is 1.53 bits per heavy atom. The van der Waals surface area contributed by atoms with Crippen molar-refractivity contribution in [3.63, 3.8) is 0 Å². The highest BCUT2D eigenvalue weighted by Gasteiger charge is 2.31. The second-order valence-electron chi connectivity index (χ2n) is 4.65. The van der Waals surface area contributed by atoms with Gasteiger partial charge in [-0.1, -0.05) is 11.2 Å². The molecule has 1 fully saturated rings. The van der Waals surface area contributed by atoms with Crippen molar-refractivity contribution in [2.45, 2.75) is 19.8 Å². The Hall–Kier alpha value is -1.09. The van der Waals surface area contributed by atoms with E-state index >= 15 is 0 Å². The zero-order valence-electron chi connectivity index (χ0n) is 8.99. The second kappa shape index (κ2) is 3.49. The summed E-state index contributed by atoms with van der Waals surface area (Å²) in [7, 11) is 0. The van der Waals surface area contributed by atoms with E-state index in [9.17, 15) is 0 Å². The molecule has 0 bridgehead atoms. The van der Waals surface area contributed by atoms with Crippen LogP contribution in [0.2, 0.25) is 0 Å². The van der Waals surface area contributed by atoms with Crippen molar-refractivity contribution in [1.82, 2.24) is 10.5 Å². The summed E-state index contributed by atoms with van der Waals surface area (Å²) in [5, 5.41) is 7.40. The first-order valence-electron chi connectivity index (χ1n) is 5.68. The Kier molecular flexibility index (Phi) is 2.13. The third-order valence-corrected chi connectivity index (χ3v) is 3.51. The number of rotatable bonds is 1. The summed E-state index contributed by atoms with van der Waals surface area (Å²) >= 11 is 0. The average Bonchev–Trinajstić information content (AvgIpc) is 2.82. The van der Waals surface area contributed by atoms with Crippen LogP contribution in [0, 0.1) is 18.8 Å². The van der Waals surface area contributed by atoms with Gasteiger partial charge in [0.1, 0.15) is 0 Å². The van der Waals surface area contributed by atoms with Crippen LogP contribution in [0.3, 0.4) is 0 Å². The molecule has 1 aromatic rings. The van der Waals surface area contributed by atoms with Crippen molar-refractivity contribution in [3.05, 3.63) is 23.6 Å². The van der Waals surface area contributed by atoms with E-state index < -0.39 is 0 Å². The highest BCUT2D eigenvalue weighted by molar-refractivity contribution is 5.64. The lowest BCUT2D eigenvalue weighted by atomic mass is 9.89. The van der Waals surface area contributed by atoms with Crippen LogP contribution in [0.15, 0.2) is 16.7 Å². The topological polar surface area (TPSA) is 38.1 Å². The molecule has 0 aromatic carbocycles. The summed E-state index contributed by atoms with van der Waals surface area (Å²) in [5.74, 6) is 2.51. The number of aromatic nitrogens is 1. The summed E-state index contributed by atoms with van der Waals surface area (Å²) in [6, 6.07) is 2.04. The molecule has 1 N–H and O–H groups in total. The lowest BCUT2D eigenvalue weighted by Crippen LogP contribution is -2.33. The number of aryl methyl sites for hydroxylation is 1. The van der Waals surface area contributed by atoms with Crippen molar-refractivity contribution in [3.8, 4) is 0 Å². The van der Waals surface area contributed by atoms with Crippen LogP contribution >= 0.6 is 0 Å². The minimum atomic E-state index is 0.756. The number of piperidine rings is 1. The maximum atomic E-state index is 5.32. The lowest BCUT2D eigenvalue weighted by Gasteiger charge is -2.25. The first kappa shape index (κ1) is 9.16. The first-order valence-corrected chi connectivity index (χ1v) is 5.68. The standard InChI is InChI=1S/C12H16N2O/c1-8-4-12(15-14-8)10-5-9-2-3-13-7-11(9)6-10/h4-5,9,11,13H,2-3,6-7H2,1H3/t9-,11-/m1/s1. The lowest BCUT2D eigenvalue weighted by molar-refractivity contribution is 0.323. The van der Waals surface area contributed by atoms with Crippen LogP contribution in [0.1, 0.15) is 24.3 Å². The van der Waals surface area contributed by atoms with Crippen molar-refractivity contribution >= 4 is 5.57 Å². The highest BCUT2D eigenvalue weighted by atomic mass is 16.5. The van der Waals surface area contributed by atoms with Gasteiger partial charge in [0.15, 0.2) is 5.76 Å². The van der Waals surface area contributed by atoms with Crippen LogP contribution in [-0.2, 0) is 0 Å². The van der Waals surface area contributed by atoms with Crippen LogP contribution in [0.25, 0.3) is 5.57 Å². The molecule has 2 atom stereocenters. The molecule has 2 aliphatic rings. The van der Waals surface area contributed by atoms with E-state index in [1.165, 1.54) is 12.0 Å². The average molecular weight is 204 g/mol. The SMILES string of the molecule is Cc1cc(C2=C[C@H]3CCNC[C@H]3C2)on1. The third-order valence-electron chi connectivity index (χ3n) is 3.51. The third kappa shape index (κ3) is 1.61.